The number of allylic oxidation sites excluding steroid dienone is 4. The van der Waals surface area contributed by atoms with E-state index in [1.54, 1.807) is 32.8 Å². The lowest BCUT2D eigenvalue weighted by atomic mass is 9.63. The summed E-state index contributed by atoms with van der Waals surface area (Å²) in [7, 11) is -7.79. The number of carbonyl (C=O) groups excluding carboxylic acids is 1. The Kier molecular flexibility index (Phi) is 9.75. The van der Waals surface area contributed by atoms with Crippen molar-refractivity contribution in [2.75, 3.05) is 7.11 Å². The van der Waals surface area contributed by atoms with Crippen molar-refractivity contribution < 1.29 is 40.2 Å². The molecule has 82 heavy (non-hydrogen) atoms. The Morgan fingerprint density at radius 3 is 1.52 bits per heavy atom. The van der Waals surface area contributed by atoms with E-state index in [0.717, 1.165) is 34.6 Å². The fourth-order valence-corrected chi connectivity index (χ4v) is 21.7. The summed E-state index contributed by atoms with van der Waals surface area (Å²) in [5.41, 5.74) is 29.3. The summed E-state index contributed by atoms with van der Waals surface area (Å²) in [6.07, 6.45) is 16.9. The fourth-order valence-electron chi connectivity index (χ4n) is 20.6. The number of carbonyl (C=O) groups is 1. The van der Waals surface area contributed by atoms with Crippen molar-refractivity contribution in [3.05, 3.63) is 198 Å². The van der Waals surface area contributed by atoms with E-state index in [0.29, 0.717) is 78.2 Å². The molecule has 13 unspecified atom stereocenters. The third-order valence-electron chi connectivity index (χ3n) is 23.8. The van der Waals surface area contributed by atoms with Gasteiger partial charge >= 0.3 is 0 Å². The predicted octanol–water partition coefficient (Wildman–Crippen LogP) is 15.9. The number of aryl methyl sites for hydroxylation is 1. The molecule has 414 valence electrons. The van der Waals surface area contributed by atoms with Gasteiger partial charge in [0.15, 0.2) is 5.78 Å². The summed E-state index contributed by atoms with van der Waals surface area (Å²) in [6.45, 7) is 3.41. The van der Waals surface area contributed by atoms with Crippen LogP contribution in [-0.2, 0) is 20.2 Å². The maximum Gasteiger partial charge on any atom is 0.287 e. The molecule has 9 nitrogen and oxygen atoms in total. The molecule has 7 aromatic carbocycles. The molecule has 1 fully saturated rings. The Morgan fingerprint density at radius 1 is 0.500 bits per heavy atom. The highest BCUT2D eigenvalue weighted by molar-refractivity contribution is 8.05. The Hall–Kier alpha value is -6.37. The Balaban J connectivity index is 0.000000429. The van der Waals surface area contributed by atoms with Gasteiger partial charge in [-0.3, -0.25) is 13.9 Å². The number of ether oxygens (including phenoxy) is 2. The van der Waals surface area contributed by atoms with Crippen LogP contribution < -0.4 is 9.47 Å². The summed E-state index contributed by atoms with van der Waals surface area (Å²) in [4.78, 5) is 13.4. The molecule has 7 aromatic rings. The van der Waals surface area contributed by atoms with Gasteiger partial charge in [-0.2, -0.15) is 16.8 Å². The largest absolute Gasteiger partial charge is 0.497 e. The van der Waals surface area contributed by atoms with Gasteiger partial charge in [0.05, 0.1) is 7.11 Å². The van der Waals surface area contributed by atoms with Gasteiger partial charge < -0.3 is 9.47 Å². The first-order chi connectivity index (χ1) is 39.5. The molecule has 12 aliphatic rings. The van der Waals surface area contributed by atoms with E-state index < -0.39 is 24.3 Å². The summed E-state index contributed by atoms with van der Waals surface area (Å²) < 4.78 is 67.9. The molecule has 12 aliphatic carbocycles. The second-order valence-electron chi connectivity index (χ2n) is 27.1. The van der Waals surface area contributed by atoms with Crippen molar-refractivity contribution in [1.29, 1.82) is 0 Å². The van der Waals surface area contributed by atoms with Crippen molar-refractivity contribution >= 4 is 53.1 Å². The van der Waals surface area contributed by atoms with Crippen LogP contribution in [0.1, 0.15) is 220 Å². The van der Waals surface area contributed by atoms with Gasteiger partial charge in [0, 0.05) is 28.9 Å². The summed E-state index contributed by atoms with van der Waals surface area (Å²) in [5, 5.41) is 7.12. The second kappa shape index (κ2) is 16.3. The van der Waals surface area contributed by atoms with Crippen LogP contribution in [0, 0.1) is 30.6 Å². The van der Waals surface area contributed by atoms with E-state index >= 15 is 0 Å². The maximum absolute atomic E-state index is 13.4. The van der Waals surface area contributed by atoms with E-state index in [-0.39, 0.29) is 17.6 Å². The topological polar surface area (TPSA) is 144 Å². The van der Waals surface area contributed by atoms with Crippen molar-refractivity contribution in [3.8, 4) is 17.2 Å². The van der Waals surface area contributed by atoms with E-state index in [9.17, 15) is 21.6 Å². The smallest absolute Gasteiger partial charge is 0.287 e. The monoisotopic (exact) mass is 1120 g/mol. The Morgan fingerprint density at radius 2 is 0.963 bits per heavy atom. The number of benzene rings is 7. The molecule has 0 radical (unpaired) electrons. The maximum atomic E-state index is 13.4. The third-order valence-corrected chi connectivity index (χ3v) is 27.5. The molecule has 0 saturated heterocycles. The zero-order chi connectivity index (χ0) is 55.5. The standard InChI is InChI=1S/C68H56O3.C3H8O6S2/c1-30-3-5-33(6-4-30)68(69)34-11-17-37(18-12-34)71-36-15-9-32(10-16-36)50(31-7-13-35(70-2)14-8-31)59-64-60-51-40-21-19-38-39-20-22-41-43-24-26-45-47-28-27-46-44-25-23-42(40)53(60)55(44)62-57(46)58(47)63-56(45)54(43)61(65(59)67(63)66(62)64)52(41)49(39)29-48(38)51;1-3(2,10(4,5)6)11(7,8)9/h3-18,29,38-47,50-51,59H,19-28H2,1-2H3;1-2H3,(H,4,5,6)(H,7,8,9). The van der Waals surface area contributed by atoms with Crippen LogP contribution in [0.2, 0.25) is 0 Å². The van der Waals surface area contributed by atoms with Crippen molar-refractivity contribution in [2.24, 2.45) is 23.7 Å². The lowest BCUT2D eigenvalue weighted by Gasteiger charge is -2.41. The van der Waals surface area contributed by atoms with E-state index in [2.05, 4.69) is 54.6 Å². The average molecular weight is 1130 g/mol. The first kappa shape index (κ1) is 49.1. The lowest BCUT2D eigenvalue weighted by Crippen LogP contribution is -2.39. The van der Waals surface area contributed by atoms with Crippen molar-refractivity contribution in [1.82, 2.24) is 0 Å². The molecule has 13 atom stereocenters. The molecule has 0 spiro atoms. The van der Waals surface area contributed by atoms with Crippen LogP contribution in [0.4, 0.5) is 0 Å². The van der Waals surface area contributed by atoms with E-state index in [4.69, 9.17) is 18.6 Å². The van der Waals surface area contributed by atoms with Crippen LogP contribution in [0.5, 0.6) is 17.2 Å². The number of hydrogen-bond acceptors (Lipinski definition) is 7. The number of ketones is 1. The number of rotatable bonds is 10. The van der Waals surface area contributed by atoms with Gasteiger partial charge in [-0.25, -0.2) is 0 Å². The SMILES string of the molecule is CC(C)(S(=O)(=O)O)S(=O)(=O)O.COc1ccc(C(c2ccc(Oc3ccc(C(=O)c4ccc(C)cc4)cc3)cc2)C2c3c4c5c6c7c8c9c%10c%11c%12c(c2c%10c37)C2C3=CC7=C4C4CCC7C3CCC2C%12CCC%11C9CCC8C6CCC54)cc1. The molecular weight excluding hydrogens is 1060 g/mol. The molecule has 19 rings (SSSR count). The fraction of sp³-hybridized carbons (Fsp3) is 0.394. The highest BCUT2D eigenvalue weighted by Gasteiger charge is 2.63. The second-order valence-corrected chi connectivity index (χ2v) is 31.3. The molecule has 0 heterocycles. The average Bonchev–Trinajstić information content (AvgIpc) is 1.47. The minimum Gasteiger partial charge on any atom is -0.497 e. The molecule has 0 aliphatic heterocycles. The Labute approximate surface area is 478 Å². The number of hydrogen-bond donors (Lipinski definition) is 2. The third kappa shape index (κ3) is 5.99. The van der Waals surface area contributed by atoms with Crippen molar-refractivity contribution in [3.63, 3.8) is 0 Å². The minimum atomic E-state index is -4.80. The molecule has 2 N–H and O–H groups in total. The van der Waals surface area contributed by atoms with Gasteiger partial charge in [0.2, 0.25) is 4.08 Å². The highest BCUT2D eigenvalue weighted by Crippen LogP contribution is 2.79. The van der Waals surface area contributed by atoms with Gasteiger partial charge in [-0.05, 0) is 292 Å². The van der Waals surface area contributed by atoms with Crippen LogP contribution in [0.25, 0.3) is 27.1 Å². The van der Waals surface area contributed by atoms with E-state index in [1.165, 1.54) is 75.3 Å². The summed E-state index contributed by atoms with van der Waals surface area (Å²) in [5.74, 6) is 10.4. The van der Waals surface area contributed by atoms with Gasteiger partial charge in [0.25, 0.3) is 20.2 Å². The summed E-state index contributed by atoms with van der Waals surface area (Å²) >= 11 is 0. The zero-order valence-electron chi connectivity index (χ0n) is 46.5. The minimum absolute atomic E-state index is 0.0303. The lowest BCUT2D eigenvalue weighted by molar-refractivity contribution is 0.103. The molecule has 0 amide bonds. The first-order valence-electron chi connectivity index (χ1n) is 30.3. The van der Waals surface area contributed by atoms with Gasteiger partial charge in [0.1, 0.15) is 17.2 Å². The quantitative estimate of drug-likeness (QED) is 0.0777. The molecule has 0 aromatic heterocycles. The first-order valence-corrected chi connectivity index (χ1v) is 33.2. The highest BCUT2D eigenvalue weighted by atomic mass is 32.3. The molecule has 11 heteroatoms. The molecular formula is C71H64O9S2. The zero-order valence-corrected chi connectivity index (χ0v) is 48.1. The molecule has 1 saturated carbocycles. The molecule has 8 bridgehead atoms. The number of fused-ring (bicyclic) bond motifs is 4. The normalized spacial score (nSPS) is 29.8. The van der Waals surface area contributed by atoms with Crippen LogP contribution >= 0.6 is 0 Å². The Bertz CT molecular complexity index is 4380. The van der Waals surface area contributed by atoms with Crippen molar-refractivity contribution in [2.45, 2.75) is 142 Å². The van der Waals surface area contributed by atoms with Crippen LogP contribution in [-0.4, -0.2) is 42.9 Å². The van der Waals surface area contributed by atoms with Crippen LogP contribution in [0.15, 0.2) is 114 Å². The van der Waals surface area contributed by atoms with Gasteiger partial charge in [-0.1, -0.05) is 65.7 Å². The summed E-state index contributed by atoms with van der Waals surface area (Å²) in [6, 6.07) is 34.1. The van der Waals surface area contributed by atoms with Crippen LogP contribution in [0.3, 0.4) is 0 Å². The number of methoxy groups -OCH3 is 1. The predicted molar refractivity (Wildman–Crippen MR) is 317 cm³/mol. The van der Waals surface area contributed by atoms with Gasteiger partial charge in [-0.15, -0.1) is 0 Å². The van der Waals surface area contributed by atoms with E-state index in [1.807, 2.05) is 124 Å².